The summed E-state index contributed by atoms with van der Waals surface area (Å²) in [6.07, 6.45) is 0. The summed E-state index contributed by atoms with van der Waals surface area (Å²) in [6.45, 7) is 3.28. The van der Waals surface area contributed by atoms with Crippen molar-refractivity contribution in [3.8, 4) is 11.3 Å². The van der Waals surface area contributed by atoms with Crippen molar-refractivity contribution < 1.29 is 4.92 Å². The molecule has 0 radical (unpaired) electrons. The minimum absolute atomic E-state index is 0.234. The molecule has 0 amide bonds. The van der Waals surface area contributed by atoms with E-state index in [0.717, 1.165) is 32.9 Å². The van der Waals surface area contributed by atoms with Gasteiger partial charge in [-0.05, 0) is 22.9 Å². The van der Waals surface area contributed by atoms with Gasteiger partial charge in [0.15, 0.2) is 0 Å². The summed E-state index contributed by atoms with van der Waals surface area (Å²) in [7, 11) is 0. The number of hydrogen-bond acceptors (Lipinski definition) is 3. The van der Waals surface area contributed by atoms with Crippen molar-refractivity contribution >= 4 is 21.7 Å². The van der Waals surface area contributed by atoms with Crippen LogP contribution in [-0.4, -0.2) is 9.91 Å². The minimum Gasteiger partial charge on any atom is -0.264 e. The molecule has 26 heavy (non-hydrogen) atoms. The normalized spacial score (nSPS) is 11.8. The van der Waals surface area contributed by atoms with E-state index in [1.54, 1.807) is 13.8 Å². The first-order chi connectivity index (χ1) is 12.5. The van der Waals surface area contributed by atoms with Crippen LogP contribution in [0.2, 0.25) is 0 Å². The molecule has 4 nitrogen and oxygen atoms in total. The third-order valence-electron chi connectivity index (χ3n) is 4.90. The van der Waals surface area contributed by atoms with Crippen LogP contribution in [-0.2, 0) is 5.54 Å². The van der Waals surface area contributed by atoms with E-state index >= 15 is 0 Å². The lowest BCUT2D eigenvalue weighted by Gasteiger charge is -2.19. The van der Waals surface area contributed by atoms with E-state index in [1.807, 2.05) is 54.6 Å². The summed E-state index contributed by atoms with van der Waals surface area (Å²) in [5.41, 5.74) is 1.97. The molecule has 0 unspecified atom stereocenters. The average molecular weight is 342 g/mol. The molecule has 0 aliphatic heterocycles. The number of pyridine rings is 1. The molecule has 0 saturated heterocycles. The maximum atomic E-state index is 11.7. The zero-order valence-corrected chi connectivity index (χ0v) is 14.6. The number of nitro groups is 1. The van der Waals surface area contributed by atoms with Gasteiger partial charge < -0.3 is 0 Å². The lowest BCUT2D eigenvalue weighted by Crippen LogP contribution is -2.28. The summed E-state index contributed by atoms with van der Waals surface area (Å²) in [5, 5.41) is 14.7. The quantitative estimate of drug-likeness (QED) is 0.361. The van der Waals surface area contributed by atoms with Gasteiger partial charge >= 0.3 is 0 Å². The highest BCUT2D eigenvalue weighted by atomic mass is 16.6. The van der Waals surface area contributed by atoms with E-state index in [0.29, 0.717) is 5.56 Å². The summed E-state index contributed by atoms with van der Waals surface area (Å²) < 4.78 is 0. The molecule has 3 aromatic carbocycles. The second kappa shape index (κ2) is 5.92. The largest absolute Gasteiger partial charge is 0.264 e. The minimum atomic E-state index is -1.21. The van der Waals surface area contributed by atoms with Gasteiger partial charge in [-0.25, -0.2) is 4.98 Å². The Morgan fingerprint density at radius 2 is 1.54 bits per heavy atom. The number of hydrogen-bond donors (Lipinski definition) is 0. The number of aromatic nitrogens is 1. The van der Waals surface area contributed by atoms with Gasteiger partial charge in [0, 0.05) is 35.3 Å². The molecular weight excluding hydrogens is 324 g/mol. The number of benzene rings is 3. The topological polar surface area (TPSA) is 56.0 Å². The maximum Gasteiger partial charge on any atom is 0.242 e. The molecule has 0 aliphatic rings. The van der Waals surface area contributed by atoms with Crippen molar-refractivity contribution in [2.45, 2.75) is 19.4 Å². The van der Waals surface area contributed by atoms with Crippen molar-refractivity contribution in [1.29, 1.82) is 0 Å². The summed E-state index contributed by atoms with van der Waals surface area (Å²) in [5.74, 6) is 0. The Labute approximate surface area is 151 Å². The lowest BCUT2D eigenvalue weighted by atomic mass is 9.89. The van der Waals surface area contributed by atoms with Crippen LogP contribution in [0.15, 0.2) is 72.8 Å². The molecule has 128 valence electrons. The fourth-order valence-electron chi connectivity index (χ4n) is 3.37. The molecule has 1 heterocycles. The van der Waals surface area contributed by atoms with E-state index in [9.17, 15) is 10.1 Å². The average Bonchev–Trinajstić information content (AvgIpc) is 2.66. The third-order valence-corrected chi connectivity index (χ3v) is 4.90. The van der Waals surface area contributed by atoms with Gasteiger partial charge in [-0.1, -0.05) is 60.7 Å². The zero-order chi connectivity index (χ0) is 18.3. The van der Waals surface area contributed by atoms with Gasteiger partial charge in [-0.2, -0.15) is 0 Å². The van der Waals surface area contributed by atoms with Gasteiger partial charge in [0.2, 0.25) is 5.54 Å². The van der Waals surface area contributed by atoms with Crippen LogP contribution < -0.4 is 0 Å². The predicted molar refractivity (Wildman–Crippen MR) is 105 cm³/mol. The molecule has 0 saturated carbocycles. The highest BCUT2D eigenvalue weighted by Gasteiger charge is 2.35. The molecule has 0 aliphatic carbocycles. The lowest BCUT2D eigenvalue weighted by molar-refractivity contribution is -0.569. The monoisotopic (exact) mass is 342 g/mol. The van der Waals surface area contributed by atoms with Crippen molar-refractivity contribution in [2.24, 2.45) is 0 Å². The molecule has 4 heteroatoms. The molecular formula is C22H18N2O2. The molecule has 0 N–H and O–H groups in total. The number of para-hydroxylation sites is 1. The van der Waals surface area contributed by atoms with Crippen LogP contribution in [0.5, 0.6) is 0 Å². The second-order valence-electron chi connectivity index (χ2n) is 6.92. The first kappa shape index (κ1) is 16.2. The molecule has 4 rings (SSSR count). The van der Waals surface area contributed by atoms with Crippen LogP contribution in [0.1, 0.15) is 19.4 Å². The van der Waals surface area contributed by atoms with Crippen molar-refractivity contribution in [3.63, 3.8) is 0 Å². The summed E-state index contributed by atoms with van der Waals surface area (Å²) in [6, 6.07) is 23.6. The fourth-order valence-corrected chi connectivity index (χ4v) is 3.37. The molecule has 4 aromatic rings. The van der Waals surface area contributed by atoms with Gasteiger partial charge in [-0.3, -0.25) is 10.1 Å². The highest BCUT2D eigenvalue weighted by molar-refractivity contribution is 5.97. The molecule has 0 fully saturated rings. The SMILES string of the molecule is CC(C)(c1cc(-c2cccc3ccccc23)nc2ccccc12)[N+](=O)[O-]. The van der Waals surface area contributed by atoms with Crippen molar-refractivity contribution in [1.82, 2.24) is 4.98 Å². The van der Waals surface area contributed by atoms with Crippen molar-refractivity contribution in [2.75, 3.05) is 0 Å². The van der Waals surface area contributed by atoms with E-state index in [1.165, 1.54) is 0 Å². The maximum absolute atomic E-state index is 11.7. The van der Waals surface area contributed by atoms with E-state index in [2.05, 4.69) is 18.2 Å². The van der Waals surface area contributed by atoms with E-state index in [4.69, 9.17) is 4.98 Å². The molecule has 0 atom stereocenters. The molecule has 1 aromatic heterocycles. The van der Waals surface area contributed by atoms with Gasteiger partial charge in [0.1, 0.15) is 0 Å². The first-order valence-electron chi connectivity index (χ1n) is 8.51. The Hall–Kier alpha value is -3.27. The highest BCUT2D eigenvalue weighted by Crippen LogP contribution is 2.35. The van der Waals surface area contributed by atoms with Crippen LogP contribution in [0.25, 0.3) is 32.9 Å². The Morgan fingerprint density at radius 1 is 0.885 bits per heavy atom. The Bertz CT molecular complexity index is 1140. The number of nitrogens with zero attached hydrogens (tertiary/aromatic N) is 2. The zero-order valence-electron chi connectivity index (χ0n) is 14.6. The molecule has 0 bridgehead atoms. The van der Waals surface area contributed by atoms with E-state index < -0.39 is 5.54 Å². The smallest absolute Gasteiger partial charge is 0.242 e. The standard InChI is InChI=1S/C22H18N2O2/c1-22(2,24(25)26)19-14-21(23-20-13-6-5-11-18(19)20)17-12-7-9-15-8-3-4-10-16(15)17/h3-14H,1-2H3. The Kier molecular flexibility index (Phi) is 3.69. The van der Waals surface area contributed by atoms with Crippen LogP contribution in [0, 0.1) is 10.1 Å². The predicted octanol–water partition coefficient (Wildman–Crippen LogP) is 5.57. The van der Waals surface area contributed by atoms with Crippen LogP contribution in [0.4, 0.5) is 0 Å². The second-order valence-corrected chi connectivity index (χ2v) is 6.92. The Balaban J connectivity index is 2.07. The third kappa shape index (κ3) is 2.51. The summed E-state index contributed by atoms with van der Waals surface area (Å²) >= 11 is 0. The molecule has 0 spiro atoms. The summed E-state index contributed by atoms with van der Waals surface area (Å²) in [4.78, 5) is 16.3. The van der Waals surface area contributed by atoms with Crippen molar-refractivity contribution in [3.05, 3.63) is 88.5 Å². The fraction of sp³-hybridized carbons (Fsp3) is 0.136. The number of rotatable bonds is 3. The van der Waals surface area contributed by atoms with Gasteiger partial charge in [0.25, 0.3) is 0 Å². The van der Waals surface area contributed by atoms with Gasteiger partial charge in [-0.15, -0.1) is 0 Å². The van der Waals surface area contributed by atoms with E-state index in [-0.39, 0.29) is 4.92 Å². The van der Waals surface area contributed by atoms with Crippen LogP contribution >= 0.6 is 0 Å². The van der Waals surface area contributed by atoms with Crippen LogP contribution in [0.3, 0.4) is 0 Å². The van der Waals surface area contributed by atoms with Gasteiger partial charge in [0.05, 0.1) is 11.2 Å². The first-order valence-corrected chi connectivity index (χ1v) is 8.51. The Morgan fingerprint density at radius 3 is 2.31 bits per heavy atom. The number of fused-ring (bicyclic) bond motifs is 2.